The number of fused-ring (bicyclic) bond motifs is 1. The molecule has 0 aliphatic heterocycles. The van der Waals surface area contributed by atoms with Crippen LogP contribution in [0.5, 0.6) is 0 Å². The minimum Gasteiger partial charge on any atom is -0.272 e. The number of hydrogen-bond acceptors (Lipinski definition) is 5. The van der Waals surface area contributed by atoms with E-state index in [0.29, 0.717) is 10.8 Å². The van der Waals surface area contributed by atoms with Crippen LogP contribution in [0.15, 0.2) is 24.3 Å². The number of aryl methyl sites for hydroxylation is 2. The second kappa shape index (κ2) is 5.14. The van der Waals surface area contributed by atoms with Crippen LogP contribution >= 0.6 is 22.9 Å². The predicted molar refractivity (Wildman–Crippen MR) is 90.8 cm³/mol. The monoisotopic (exact) mass is 344 g/mol. The van der Waals surface area contributed by atoms with Crippen molar-refractivity contribution in [2.75, 3.05) is 0 Å². The molecule has 6 nitrogen and oxygen atoms in total. The van der Waals surface area contributed by atoms with Gasteiger partial charge < -0.3 is 0 Å². The van der Waals surface area contributed by atoms with Crippen molar-refractivity contribution in [1.29, 1.82) is 0 Å². The van der Waals surface area contributed by atoms with E-state index in [1.165, 1.54) is 11.3 Å². The van der Waals surface area contributed by atoms with Gasteiger partial charge in [-0.25, -0.2) is 0 Å². The molecule has 0 fully saturated rings. The van der Waals surface area contributed by atoms with Gasteiger partial charge in [0.15, 0.2) is 5.82 Å². The Kier molecular flexibility index (Phi) is 3.21. The standard InChI is InChI=1S/C15H13ClN6S/c1-8-12(9(2)21(3)19-8)13-17-18-15-22(13)20-14(23-15)10-6-4-5-7-11(10)16/h4-7H,1-3H3. The lowest BCUT2D eigenvalue weighted by Gasteiger charge is -1.99. The van der Waals surface area contributed by atoms with Crippen LogP contribution < -0.4 is 0 Å². The Morgan fingerprint density at radius 3 is 2.57 bits per heavy atom. The maximum absolute atomic E-state index is 6.27. The molecule has 0 atom stereocenters. The molecule has 0 bridgehead atoms. The summed E-state index contributed by atoms with van der Waals surface area (Å²) in [6, 6.07) is 7.66. The summed E-state index contributed by atoms with van der Waals surface area (Å²) < 4.78 is 3.60. The fourth-order valence-electron chi connectivity index (χ4n) is 2.61. The quantitative estimate of drug-likeness (QED) is 0.558. The van der Waals surface area contributed by atoms with Crippen molar-refractivity contribution in [1.82, 2.24) is 29.6 Å². The molecule has 8 heteroatoms. The fraction of sp³-hybridized carbons (Fsp3) is 0.200. The molecule has 3 aromatic heterocycles. The van der Waals surface area contributed by atoms with E-state index in [4.69, 9.17) is 11.6 Å². The van der Waals surface area contributed by atoms with Gasteiger partial charge in [0.25, 0.3) is 0 Å². The fourth-order valence-corrected chi connectivity index (χ4v) is 3.77. The highest BCUT2D eigenvalue weighted by molar-refractivity contribution is 7.19. The van der Waals surface area contributed by atoms with Crippen molar-refractivity contribution in [3.05, 3.63) is 40.7 Å². The Morgan fingerprint density at radius 1 is 1.09 bits per heavy atom. The molecule has 4 aromatic rings. The molecule has 0 saturated heterocycles. The lowest BCUT2D eigenvalue weighted by atomic mass is 10.2. The Hall–Kier alpha value is -2.25. The third kappa shape index (κ3) is 2.15. The summed E-state index contributed by atoms with van der Waals surface area (Å²) in [5.41, 5.74) is 3.81. The van der Waals surface area contributed by atoms with E-state index < -0.39 is 0 Å². The molecule has 0 spiro atoms. The molecule has 0 amide bonds. The maximum Gasteiger partial charge on any atom is 0.235 e. The van der Waals surface area contributed by atoms with Gasteiger partial charge in [-0.2, -0.15) is 14.7 Å². The summed E-state index contributed by atoms with van der Waals surface area (Å²) in [6.07, 6.45) is 0. The van der Waals surface area contributed by atoms with Crippen LogP contribution in [0.2, 0.25) is 5.02 Å². The number of benzene rings is 1. The molecular formula is C15H13ClN6S. The van der Waals surface area contributed by atoms with Crippen molar-refractivity contribution in [2.24, 2.45) is 7.05 Å². The largest absolute Gasteiger partial charge is 0.272 e. The van der Waals surface area contributed by atoms with E-state index in [2.05, 4.69) is 20.4 Å². The summed E-state index contributed by atoms with van der Waals surface area (Å²) in [7, 11) is 1.92. The highest BCUT2D eigenvalue weighted by Gasteiger charge is 2.20. The Morgan fingerprint density at radius 2 is 1.87 bits per heavy atom. The molecule has 0 unspecified atom stereocenters. The van der Waals surface area contributed by atoms with Crippen LogP contribution in [-0.2, 0) is 7.05 Å². The van der Waals surface area contributed by atoms with Crippen LogP contribution in [-0.4, -0.2) is 29.6 Å². The first-order valence-electron chi connectivity index (χ1n) is 7.04. The number of nitrogens with zero attached hydrogens (tertiary/aromatic N) is 6. The van der Waals surface area contributed by atoms with Crippen molar-refractivity contribution < 1.29 is 0 Å². The molecule has 3 heterocycles. The molecule has 0 radical (unpaired) electrons. The Bertz CT molecular complexity index is 1030. The lowest BCUT2D eigenvalue weighted by Crippen LogP contribution is -1.95. The third-order valence-electron chi connectivity index (χ3n) is 3.83. The summed E-state index contributed by atoms with van der Waals surface area (Å²) in [4.78, 5) is 0.734. The van der Waals surface area contributed by atoms with E-state index in [1.807, 2.05) is 49.8 Å². The summed E-state index contributed by atoms with van der Waals surface area (Å²) in [5.74, 6) is 0.706. The van der Waals surface area contributed by atoms with Crippen LogP contribution in [0.4, 0.5) is 0 Å². The molecule has 0 saturated carbocycles. The third-order valence-corrected chi connectivity index (χ3v) is 5.09. The van der Waals surface area contributed by atoms with Crippen molar-refractivity contribution in [2.45, 2.75) is 13.8 Å². The van der Waals surface area contributed by atoms with E-state index in [-0.39, 0.29) is 0 Å². The zero-order chi connectivity index (χ0) is 16.1. The number of halogens is 1. The Labute approximate surface area is 141 Å². The molecule has 4 rings (SSSR count). The van der Waals surface area contributed by atoms with Gasteiger partial charge in [-0.3, -0.25) is 4.68 Å². The normalized spacial score (nSPS) is 11.5. The van der Waals surface area contributed by atoms with Crippen LogP contribution in [0.1, 0.15) is 11.4 Å². The molecular weight excluding hydrogens is 332 g/mol. The van der Waals surface area contributed by atoms with E-state index >= 15 is 0 Å². The molecule has 0 N–H and O–H groups in total. The zero-order valence-corrected chi connectivity index (χ0v) is 14.4. The number of aromatic nitrogens is 6. The van der Waals surface area contributed by atoms with Crippen LogP contribution in [0, 0.1) is 13.8 Å². The zero-order valence-electron chi connectivity index (χ0n) is 12.8. The topological polar surface area (TPSA) is 60.9 Å². The lowest BCUT2D eigenvalue weighted by molar-refractivity contribution is 0.731. The van der Waals surface area contributed by atoms with E-state index in [1.54, 1.807) is 4.52 Å². The molecule has 116 valence electrons. The van der Waals surface area contributed by atoms with Gasteiger partial charge >= 0.3 is 0 Å². The summed E-state index contributed by atoms with van der Waals surface area (Å²) in [5, 5.41) is 19.1. The highest BCUT2D eigenvalue weighted by Crippen LogP contribution is 2.33. The molecule has 23 heavy (non-hydrogen) atoms. The predicted octanol–water partition coefficient (Wildman–Crippen LogP) is 3.52. The first-order valence-corrected chi connectivity index (χ1v) is 8.23. The smallest absolute Gasteiger partial charge is 0.235 e. The highest BCUT2D eigenvalue weighted by atomic mass is 35.5. The minimum atomic E-state index is 0.674. The van der Waals surface area contributed by atoms with Gasteiger partial charge in [0.1, 0.15) is 5.01 Å². The molecule has 1 aromatic carbocycles. The Balaban J connectivity index is 1.93. The van der Waals surface area contributed by atoms with E-state index in [0.717, 1.165) is 32.5 Å². The van der Waals surface area contributed by atoms with Gasteiger partial charge in [-0.05, 0) is 19.9 Å². The van der Waals surface area contributed by atoms with Gasteiger partial charge in [0, 0.05) is 18.3 Å². The van der Waals surface area contributed by atoms with E-state index in [9.17, 15) is 0 Å². The van der Waals surface area contributed by atoms with Gasteiger partial charge in [0.2, 0.25) is 4.96 Å². The SMILES string of the molecule is Cc1nn(C)c(C)c1-c1nnc2sc(-c3ccccc3Cl)nn12. The summed E-state index contributed by atoms with van der Waals surface area (Å²) in [6.45, 7) is 3.97. The second-order valence-electron chi connectivity index (χ2n) is 5.27. The minimum absolute atomic E-state index is 0.674. The summed E-state index contributed by atoms with van der Waals surface area (Å²) >= 11 is 7.74. The average Bonchev–Trinajstić information content (AvgIpc) is 3.15. The van der Waals surface area contributed by atoms with Crippen molar-refractivity contribution >= 4 is 27.9 Å². The molecule has 0 aliphatic rings. The first kappa shape index (κ1) is 14.3. The van der Waals surface area contributed by atoms with Gasteiger partial charge in [0.05, 0.1) is 16.3 Å². The second-order valence-corrected chi connectivity index (χ2v) is 6.64. The first-order chi connectivity index (χ1) is 11.1. The van der Waals surface area contributed by atoms with Crippen LogP contribution in [0.3, 0.4) is 0 Å². The number of rotatable bonds is 2. The molecule has 0 aliphatic carbocycles. The van der Waals surface area contributed by atoms with Crippen LogP contribution in [0.25, 0.3) is 26.9 Å². The van der Waals surface area contributed by atoms with Gasteiger partial charge in [-0.15, -0.1) is 10.2 Å². The maximum atomic E-state index is 6.27. The van der Waals surface area contributed by atoms with Crippen molar-refractivity contribution in [3.8, 4) is 22.0 Å². The van der Waals surface area contributed by atoms with Crippen molar-refractivity contribution in [3.63, 3.8) is 0 Å². The van der Waals surface area contributed by atoms with Gasteiger partial charge in [-0.1, -0.05) is 41.1 Å². The number of hydrogen-bond donors (Lipinski definition) is 0. The average molecular weight is 345 g/mol.